The zero-order valence-corrected chi connectivity index (χ0v) is 7.62. The number of anilines is 2. The second kappa shape index (κ2) is 3.91. The van der Waals surface area contributed by atoms with Crippen molar-refractivity contribution >= 4 is 17.3 Å². The van der Waals surface area contributed by atoms with E-state index < -0.39 is 16.8 Å². The molecular weight excluding hydrogens is 188 g/mol. The molecule has 0 saturated heterocycles. The van der Waals surface area contributed by atoms with E-state index in [1.807, 2.05) is 0 Å². The predicted molar refractivity (Wildman–Crippen MR) is 50.9 cm³/mol. The summed E-state index contributed by atoms with van der Waals surface area (Å²) in [6, 6.07) is 0. The van der Waals surface area contributed by atoms with Crippen molar-refractivity contribution in [2.45, 2.75) is 6.92 Å². The van der Waals surface area contributed by atoms with Crippen LogP contribution >= 0.6 is 0 Å². The Morgan fingerprint density at radius 1 is 1.43 bits per heavy atom. The predicted octanol–water partition coefficient (Wildman–Crippen LogP) is -1.16. The molecule has 0 heterocycles. The summed E-state index contributed by atoms with van der Waals surface area (Å²) in [5, 5.41) is 2.44. The van der Waals surface area contributed by atoms with Crippen LogP contribution in [0, 0.1) is 0 Å². The van der Waals surface area contributed by atoms with Crippen molar-refractivity contribution in [1.82, 2.24) is 0 Å². The van der Waals surface area contributed by atoms with Gasteiger partial charge in [-0.3, -0.25) is 14.4 Å². The number of carbonyl (C=O) groups is 1. The summed E-state index contributed by atoms with van der Waals surface area (Å²) in [6.45, 7) is 1.77. The summed E-state index contributed by atoms with van der Waals surface area (Å²) >= 11 is 0. The summed E-state index contributed by atoms with van der Waals surface area (Å²) in [4.78, 5) is 32.3. The number of ether oxygens (including phenoxy) is 1. The van der Waals surface area contributed by atoms with Gasteiger partial charge in [0.2, 0.25) is 0 Å². The standard InChI is InChI=1S/C8H10N2O4/c1-2-14-4(11)3-10-6-5(9)7(12)8(6)13/h10H,2-3,9H2,1H3. The third-order valence-corrected chi connectivity index (χ3v) is 1.66. The summed E-state index contributed by atoms with van der Waals surface area (Å²) in [7, 11) is 0. The molecule has 0 aromatic heterocycles. The van der Waals surface area contributed by atoms with Crippen molar-refractivity contribution in [3.8, 4) is 0 Å². The number of nitrogen functional groups attached to an aromatic ring is 1. The van der Waals surface area contributed by atoms with Crippen LogP contribution in [0.3, 0.4) is 0 Å². The lowest BCUT2D eigenvalue weighted by Gasteiger charge is -2.08. The molecule has 0 atom stereocenters. The minimum Gasteiger partial charge on any atom is -0.465 e. The number of nitrogens with two attached hydrogens (primary N) is 1. The average molecular weight is 198 g/mol. The zero-order valence-electron chi connectivity index (χ0n) is 7.62. The molecule has 0 saturated carbocycles. The maximum Gasteiger partial charge on any atom is 0.325 e. The van der Waals surface area contributed by atoms with Crippen molar-refractivity contribution < 1.29 is 9.53 Å². The van der Waals surface area contributed by atoms with E-state index in [2.05, 4.69) is 10.1 Å². The number of hydrogen-bond donors (Lipinski definition) is 2. The molecule has 0 amide bonds. The summed E-state index contributed by atoms with van der Waals surface area (Å²) in [5.41, 5.74) is 3.69. The Bertz CT molecular complexity index is 417. The van der Waals surface area contributed by atoms with Gasteiger partial charge >= 0.3 is 5.97 Å². The molecule has 3 N–H and O–H groups in total. The largest absolute Gasteiger partial charge is 0.465 e. The molecule has 0 aliphatic rings. The van der Waals surface area contributed by atoms with E-state index in [0.717, 1.165) is 0 Å². The smallest absolute Gasteiger partial charge is 0.325 e. The molecule has 0 spiro atoms. The molecule has 0 unspecified atom stereocenters. The maximum absolute atomic E-state index is 10.8. The van der Waals surface area contributed by atoms with E-state index in [-0.39, 0.29) is 24.5 Å². The van der Waals surface area contributed by atoms with Crippen molar-refractivity contribution in [1.29, 1.82) is 0 Å². The average Bonchev–Trinajstić information content (AvgIpc) is 2.17. The first kappa shape index (κ1) is 10.2. The fourth-order valence-electron chi connectivity index (χ4n) is 0.957. The van der Waals surface area contributed by atoms with Gasteiger partial charge in [0.1, 0.15) is 17.9 Å². The van der Waals surface area contributed by atoms with Crippen molar-refractivity contribution in [2.24, 2.45) is 0 Å². The Hall–Kier alpha value is -1.85. The van der Waals surface area contributed by atoms with Crippen LogP contribution in [0.15, 0.2) is 9.59 Å². The molecule has 6 heteroatoms. The monoisotopic (exact) mass is 198 g/mol. The van der Waals surface area contributed by atoms with Gasteiger partial charge in [0.15, 0.2) is 0 Å². The van der Waals surface area contributed by atoms with Crippen LogP contribution in [-0.4, -0.2) is 19.1 Å². The van der Waals surface area contributed by atoms with Crippen molar-refractivity contribution in [3.63, 3.8) is 0 Å². The molecule has 1 aromatic carbocycles. The van der Waals surface area contributed by atoms with Gasteiger partial charge in [-0.15, -0.1) is 0 Å². The third-order valence-electron chi connectivity index (χ3n) is 1.66. The molecule has 0 aliphatic carbocycles. The Morgan fingerprint density at radius 3 is 2.57 bits per heavy atom. The lowest BCUT2D eigenvalue weighted by Crippen LogP contribution is -2.38. The SMILES string of the molecule is CCOC(=O)CNc1c(N)c(=O)c1=O. The highest BCUT2D eigenvalue weighted by atomic mass is 16.5. The minimum atomic E-state index is -0.712. The van der Waals surface area contributed by atoms with Crippen LogP contribution in [0.2, 0.25) is 0 Å². The van der Waals surface area contributed by atoms with E-state index in [4.69, 9.17) is 5.73 Å². The lowest BCUT2D eigenvalue weighted by molar-refractivity contribution is -0.140. The van der Waals surface area contributed by atoms with Crippen LogP contribution < -0.4 is 21.9 Å². The molecule has 1 aromatic rings. The lowest BCUT2D eigenvalue weighted by atomic mass is 10.2. The Balaban J connectivity index is 2.52. The quantitative estimate of drug-likeness (QED) is 0.467. The molecule has 6 nitrogen and oxygen atoms in total. The molecule has 1 rings (SSSR count). The van der Waals surface area contributed by atoms with Crippen LogP contribution in [0.4, 0.5) is 11.4 Å². The topological polar surface area (TPSA) is 98.5 Å². The second-order valence-electron chi connectivity index (χ2n) is 2.61. The van der Waals surface area contributed by atoms with Gasteiger partial charge in [0, 0.05) is 0 Å². The van der Waals surface area contributed by atoms with Gasteiger partial charge in [-0.05, 0) is 6.92 Å². The first-order valence-corrected chi connectivity index (χ1v) is 4.06. The highest BCUT2D eigenvalue weighted by Crippen LogP contribution is 2.07. The molecular formula is C8H10N2O4. The Morgan fingerprint density at radius 2 is 2.07 bits per heavy atom. The van der Waals surface area contributed by atoms with Gasteiger partial charge in [-0.1, -0.05) is 0 Å². The van der Waals surface area contributed by atoms with E-state index >= 15 is 0 Å². The summed E-state index contributed by atoms with van der Waals surface area (Å²) < 4.78 is 4.60. The second-order valence-corrected chi connectivity index (χ2v) is 2.61. The fraction of sp³-hybridized carbons (Fsp3) is 0.375. The van der Waals surface area contributed by atoms with Gasteiger partial charge in [-0.25, -0.2) is 0 Å². The highest BCUT2D eigenvalue weighted by Gasteiger charge is 2.18. The van der Waals surface area contributed by atoms with E-state index in [1.165, 1.54) is 0 Å². The van der Waals surface area contributed by atoms with Gasteiger partial charge in [0.25, 0.3) is 10.9 Å². The van der Waals surface area contributed by atoms with Crippen LogP contribution in [-0.2, 0) is 9.53 Å². The molecule has 0 bridgehead atoms. The maximum atomic E-state index is 10.8. The highest BCUT2D eigenvalue weighted by molar-refractivity contribution is 5.79. The van der Waals surface area contributed by atoms with Crippen LogP contribution in [0.1, 0.15) is 6.92 Å². The number of nitrogens with one attached hydrogen (secondary N) is 1. The van der Waals surface area contributed by atoms with Crippen molar-refractivity contribution in [3.05, 3.63) is 20.4 Å². The Labute approximate surface area is 79.4 Å². The molecule has 14 heavy (non-hydrogen) atoms. The molecule has 0 fully saturated rings. The van der Waals surface area contributed by atoms with Crippen LogP contribution in [0.5, 0.6) is 0 Å². The number of hydrogen-bond acceptors (Lipinski definition) is 6. The van der Waals surface area contributed by atoms with Crippen molar-refractivity contribution in [2.75, 3.05) is 24.2 Å². The summed E-state index contributed by atoms with van der Waals surface area (Å²) in [6.07, 6.45) is 0. The number of carbonyl (C=O) groups excluding carboxylic acids is 1. The van der Waals surface area contributed by atoms with E-state index in [0.29, 0.717) is 0 Å². The molecule has 0 radical (unpaired) electrons. The zero-order chi connectivity index (χ0) is 10.7. The van der Waals surface area contributed by atoms with E-state index in [9.17, 15) is 14.4 Å². The first-order chi connectivity index (χ1) is 6.57. The minimum absolute atomic E-state index is 0.00283. The molecule has 76 valence electrons. The number of esters is 1. The number of rotatable bonds is 4. The normalized spacial score (nSPS) is 10.1. The Kier molecular flexibility index (Phi) is 2.85. The van der Waals surface area contributed by atoms with Crippen LogP contribution in [0.25, 0.3) is 0 Å². The molecule has 0 aliphatic heterocycles. The van der Waals surface area contributed by atoms with Gasteiger partial charge < -0.3 is 15.8 Å². The summed E-state index contributed by atoms with van der Waals surface area (Å²) in [5.74, 6) is -0.500. The van der Waals surface area contributed by atoms with E-state index in [1.54, 1.807) is 6.92 Å². The first-order valence-electron chi connectivity index (χ1n) is 4.06. The fourth-order valence-corrected chi connectivity index (χ4v) is 0.957. The van der Waals surface area contributed by atoms with Gasteiger partial charge in [-0.2, -0.15) is 0 Å². The van der Waals surface area contributed by atoms with Gasteiger partial charge in [0.05, 0.1) is 6.61 Å². The third kappa shape index (κ3) is 1.73.